The maximum absolute atomic E-state index is 12.9. The molecule has 5 nitrogen and oxygen atoms in total. The van der Waals surface area contributed by atoms with Gasteiger partial charge in [0.15, 0.2) is 5.65 Å². The van der Waals surface area contributed by atoms with Crippen LogP contribution in [0.4, 0.5) is 5.69 Å². The van der Waals surface area contributed by atoms with E-state index < -0.39 is 10.0 Å². The first kappa shape index (κ1) is 16.0. The predicted octanol–water partition coefficient (Wildman–Crippen LogP) is 3.41. The van der Waals surface area contributed by atoms with E-state index in [1.54, 1.807) is 42.7 Å². The summed E-state index contributed by atoms with van der Waals surface area (Å²) in [5.41, 5.74) is 2.32. The molecule has 0 saturated carbocycles. The highest BCUT2D eigenvalue weighted by Gasteiger charge is 2.21. The van der Waals surface area contributed by atoms with Gasteiger partial charge in [-0.25, -0.2) is 17.4 Å². The Morgan fingerprint density at radius 1 is 1.13 bits per heavy atom. The lowest BCUT2D eigenvalue weighted by Gasteiger charge is -2.16. The molecule has 0 fully saturated rings. The number of hydrogen-bond donors (Lipinski definition) is 0. The second-order valence-corrected chi connectivity index (χ2v) is 8.19. The van der Waals surface area contributed by atoms with Crippen LogP contribution in [-0.2, 0) is 10.0 Å². The number of pyridine rings is 1. The van der Waals surface area contributed by atoms with E-state index in [2.05, 4.69) is 20.9 Å². The molecule has 0 aliphatic rings. The molecule has 0 unspecified atom stereocenters. The molecule has 0 aliphatic carbocycles. The maximum Gasteiger partial charge on any atom is 0.269 e. The van der Waals surface area contributed by atoms with Gasteiger partial charge in [-0.2, -0.15) is 0 Å². The summed E-state index contributed by atoms with van der Waals surface area (Å²) in [6.07, 6.45) is 3.17. The van der Waals surface area contributed by atoms with Gasteiger partial charge in [-0.3, -0.25) is 0 Å². The first-order valence-corrected chi connectivity index (χ1v) is 9.21. The monoisotopic (exact) mass is 393 g/mol. The molecule has 2 heterocycles. The third kappa shape index (κ3) is 2.64. The van der Waals surface area contributed by atoms with Crippen molar-refractivity contribution in [2.45, 2.75) is 11.8 Å². The lowest BCUT2D eigenvalue weighted by Crippen LogP contribution is -2.13. The number of halogens is 1. The number of aromatic nitrogens is 2. The van der Waals surface area contributed by atoms with Gasteiger partial charge >= 0.3 is 0 Å². The fourth-order valence-electron chi connectivity index (χ4n) is 2.50. The normalized spacial score (nSPS) is 11.8. The Kier molecular flexibility index (Phi) is 3.93. The maximum atomic E-state index is 12.9. The van der Waals surface area contributed by atoms with Gasteiger partial charge < -0.3 is 4.90 Å². The highest BCUT2D eigenvalue weighted by molar-refractivity contribution is 9.10. The van der Waals surface area contributed by atoms with E-state index in [1.165, 1.54) is 3.97 Å². The van der Waals surface area contributed by atoms with Gasteiger partial charge in [-0.15, -0.1) is 0 Å². The van der Waals surface area contributed by atoms with Gasteiger partial charge in [0.2, 0.25) is 0 Å². The predicted molar refractivity (Wildman–Crippen MR) is 95.5 cm³/mol. The summed E-state index contributed by atoms with van der Waals surface area (Å²) < 4.78 is 27.8. The van der Waals surface area contributed by atoms with Crippen molar-refractivity contribution in [3.8, 4) is 0 Å². The molecule has 0 N–H and O–H groups in total. The minimum Gasteiger partial charge on any atom is -0.376 e. The van der Waals surface area contributed by atoms with Gasteiger partial charge in [0.1, 0.15) is 0 Å². The molecule has 0 saturated heterocycles. The number of nitrogens with zero attached hydrogens (tertiary/aromatic N) is 3. The lowest BCUT2D eigenvalue weighted by molar-refractivity contribution is 0.588. The second-order valence-electron chi connectivity index (χ2n) is 5.52. The van der Waals surface area contributed by atoms with Gasteiger partial charge in [0, 0.05) is 31.9 Å². The van der Waals surface area contributed by atoms with Crippen molar-refractivity contribution in [1.82, 2.24) is 8.96 Å². The third-order valence-corrected chi connectivity index (χ3v) is 5.89. The Hall–Kier alpha value is -1.86. The molecule has 0 aliphatic heterocycles. The molecule has 3 aromatic rings. The van der Waals surface area contributed by atoms with Crippen molar-refractivity contribution in [3.63, 3.8) is 0 Å². The number of rotatable bonds is 3. The number of hydrogen-bond acceptors (Lipinski definition) is 4. The minimum absolute atomic E-state index is 0.247. The highest BCUT2D eigenvalue weighted by Crippen LogP contribution is 2.33. The Bertz CT molecular complexity index is 976. The van der Waals surface area contributed by atoms with Gasteiger partial charge in [0.05, 0.1) is 15.1 Å². The van der Waals surface area contributed by atoms with Crippen LogP contribution in [0.1, 0.15) is 5.56 Å². The van der Waals surface area contributed by atoms with Crippen molar-refractivity contribution in [3.05, 3.63) is 52.8 Å². The Morgan fingerprint density at radius 3 is 2.39 bits per heavy atom. The van der Waals surface area contributed by atoms with Crippen LogP contribution in [0.3, 0.4) is 0 Å². The summed E-state index contributed by atoms with van der Waals surface area (Å²) in [4.78, 5) is 6.48. The van der Waals surface area contributed by atoms with Crippen LogP contribution >= 0.6 is 15.9 Å². The van der Waals surface area contributed by atoms with Crippen LogP contribution in [0.5, 0.6) is 0 Å². The summed E-state index contributed by atoms with van der Waals surface area (Å²) in [6, 6.07) is 8.57. The lowest BCUT2D eigenvalue weighted by atomic mass is 10.2. The number of benzene rings is 1. The Balaban J connectivity index is 2.25. The Labute approximate surface area is 143 Å². The minimum atomic E-state index is -3.67. The first-order chi connectivity index (χ1) is 10.8. The van der Waals surface area contributed by atoms with Crippen LogP contribution < -0.4 is 4.90 Å². The number of anilines is 1. The van der Waals surface area contributed by atoms with Crippen LogP contribution in [0.25, 0.3) is 11.0 Å². The van der Waals surface area contributed by atoms with E-state index >= 15 is 0 Å². The van der Waals surface area contributed by atoms with Crippen molar-refractivity contribution >= 4 is 42.7 Å². The van der Waals surface area contributed by atoms with E-state index in [0.29, 0.717) is 5.65 Å². The fourth-order valence-corrected chi connectivity index (χ4v) is 4.47. The number of fused-ring (bicyclic) bond motifs is 1. The van der Waals surface area contributed by atoms with Crippen molar-refractivity contribution < 1.29 is 8.42 Å². The molecule has 0 spiro atoms. The zero-order valence-corrected chi connectivity index (χ0v) is 15.4. The van der Waals surface area contributed by atoms with Gasteiger partial charge in [-0.05, 0) is 41.1 Å². The molecule has 120 valence electrons. The standard InChI is InChI=1S/C16H16BrN3O2S/c1-11-4-6-12(7-5-11)23(21,22)20-9-8-13-15(19(2)3)14(17)10-18-16(13)20/h4-10H,1-3H3. The van der Waals surface area contributed by atoms with Crippen molar-refractivity contribution in [2.75, 3.05) is 19.0 Å². The molecule has 0 bridgehead atoms. The molecule has 3 rings (SSSR count). The van der Waals surface area contributed by atoms with Gasteiger partial charge in [-0.1, -0.05) is 17.7 Å². The zero-order valence-electron chi connectivity index (χ0n) is 13.0. The highest BCUT2D eigenvalue weighted by atomic mass is 79.9. The zero-order chi connectivity index (χ0) is 16.8. The van der Waals surface area contributed by atoms with E-state index in [0.717, 1.165) is 21.1 Å². The number of aryl methyl sites for hydroxylation is 1. The van der Waals surface area contributed by atoms with Crippen LogP contribution in [-0.4, -0.2) is 31.5 Å². The van der Waals surface area contributed by atoms with Crippen molar-refractivity contribution in [1.29, 1.82) is 0 Å². The fraction of sp³-hybridized carbons (Fsp3) is 0.188. The molecule has 7 heteroatoms. The van der Waals surface area contributed by atoms with E-state index in [1.807, 2.05) is 25.9 Å². The summed E-state index contributed by atoms with van der Waals surface area (Å²) in [7, 11) is 0.142. The van der Waals surface area contributed by atoms with E-state index in [-0.39, 0.29) is 4.90 Å². The summed E-state index contributed by atoms with van der Waals surface area (Å²) in [5.74, 6) is 0. The van der Waals surface area contributed by atoms with Crippen LogP contribution in [0.2, 0.25) is 0 Å². The largest absolute Gasteiger partial charge is 0.376 e. The molecule has 0 amide bonds. The van der Waals surface area contributed by atoms with E-state index in [4.69, 9.17) is 0 Å². The summed E-state index contributed by atoms with van der Waals surface area (Å²) in [5, 5.41) is 0.778. The summed E-state index contributed by atoms with van der Waals surface area (Å²) >= 11 is 3.47. The molecule has 0 radical (unpaired) electrons. The summed E-state index contributed by atoms with van der Waals surface area (Å²) in [6.45, 7) is 1.92. The molecule has 2 aromatic heterocycles. The Morgan fingerprint density at radius 2 is 1.78 bits per heavy atom. The topological polar surface area (TPSA) is 55.2 Å². The van der Waals surface area contributed by atoms with Gasteiger partial charge in [0.25, 0.3) is 10.0 Å². The van der Waals surface area contributed by atoms with Crippen molar-refractivity contribution in [2.24, 2.45) is 0 Å². The quantitative estimate of drug-likeness (QED) is 0.683. The first-order valence-electron chi connectivity index (χ1n) is 6.97. The average molecular weight is 394 g/mol. The van der Waals surface area contributed by atoms with Crippen LogP contribution in [0, 0.1) is 6.92 Å². The average Bonchev–Trinajstić information content (AvgIpc) is 2.91. The molecule has 1 aromatic carbocycles. The molecule has 0 atom stereocenters. The van der Waals surface area contributed by atoms with E-state index in [9.17, 15) is 8.42 Å². The second kappa shape index (κ2) is 5.65. The third-order valence-electron chi connectivity index (χ3n) is 3.63. The smallest absolute Gasteiger partial charge is 0.269 e. The SMILES string of the molecule is Cc1ccc(S(=O)(=O)n2ccc3c(N(C)C)c(Br)cnc32)cc1. The molecule has 23 heavy (non-hydrogen) atoms. The van der Waals surface area contributed by atoms with Crippen LogP contribution in [0.15, 0.2) is 52.1 Å². The molecular formula is C16H16BrN3O2S. The molecular weight excluding hydrogens is 378 g/mol.